The SMILES string of the molecule is [2H]c1n[nH]c2ncncc12. The third-order valence-electron chi connectivity index (χ3n) is 1.05. The van der Waals surface area contributed by atoms with Crippen LogP contribution >= 0.6 is 0 Å². The van der Waals surface area contributed by atoms with Crippen molar-refractivity contribution in [1.29, 1.82) is 0 Å². The first kappa shape index (κ1) is 3.55. The smallest absolute Gasteiger partial charge is 0.158 e. The van der Waals surface area contributed by atoms with E-state index in [4.69, 9.17) is 1.37 Å². The minimum absolute atomic E-state index is 0.190. The summed E-state index contributed by atoms with van der Waals surface area (Å²) in [7, 11) is 0. The van der Waals surface area contributed by atoms with E-state index < -0.39 is 0 Å². The Hall–Kier alpha value is -1.45. The van der Waals surface area contributed by atoms with Gasteiger partial charge in [-0.1, -0.05) is 0 Å². The summed E-state index contributed by atoms with van der Waals surface area (Å²) in [6.45, 7) is 0. The first-order valence-electron chi connectivity index (χ1n) is 2.98. The number of rotatable bonds is 0. The summed E-state index contributed by atoms with van der Waals surface area (Å²) in [4.78, 5) is 7.61. The fourth-order valence-electron chi connectivity index (χ4n) is 0.642. The Bertz CT molecular complexity index is 355. The average Bonchev–Trinajstić information content (AvgIpc) is 2.34. The normalized spacial score (nSPS) is 11.8. The molecule has 0 radical (unpaired) electrons. The van der Waals surface area contributed by atoms with E-state index in [2.05, 4.69) is 20.2 Å². The summed E-state index contributed by atoms with van der Waals surface area (Å²) in [6.07, 6.45) is 3.17. The molecule has 0 aliphatic rings. The summed E-state index contributed by atoms with van der Waals surface area (Å²) in [6, 6.07) is 0. The van der Waals surface area contributed by atoms with Crippen molar-refractivity contribution >= 4 is 11.0 Å². The fraction of sp³-hybridized carbons (Fsp3) is 0. The van der Waals surface area contributed by atoms with E-state index in [1.54, 1.807) is 6.20 Å². The molecule has 2 aromatic rings. The van der Waals surface area contributed by atoms with Gasteiger partial charge in [-0.05, 0) is 0 Å². The van der Waals surface area contributed by atoms with E-state index in [1.807, 2.05) is 0 Å². The maximum absolute atomic E-state index is 7.22. The predicted octanol–water partition coefficient (Wildman–Crippen LogP) is 0.353. The van der Waals surface area contributed by atoms with E-state index in [0.717, 1.165) is 0 Å². The molecule has 0 fully saturated rings. The molecule has 2 heterocycles. The van der Waals surface area contributed by atoms with Gasteiger partial charge in [0, 0.05) is 6.20 Å². The standard InChI is InChI=1S/C5H4N4/c1-4-2-8-9-5(4)7-3-6-1/h1-3H,(H,6,7,8,9)/i2D. The van der Waals surface area contributed by atoms with Gasteiger partial charge >= 0.3 is 0 Å². The molecule has 44 valence electrons. The highest BCUT2D eigenvalue weighted by atomic mass is 15.1. The average molecular weight is 121 g/mol. The number of hydrogen-bond acceptors (Lipinski definition) is 3. The van der Waals surface area contributed by atoms with Crippen molar-refractivity contribution in [2.24, 2.45) is 0 Å². The zero-order valence-electron chi connectivity index (χ0n) is 5.50. The lowest BCUT2D eigenvalue weighted by atomic mass is 10.5. The van der Waals surface area contributed by atoms with Crippen molar-refractivity contribution in [3.05, 3.63) is 18.7 Å². The molecule has 0 aliphatic heterocycles. The van der Waals surface area contributed by atoms with Crippen LogP contribution in [0.1, 0.15) is 1.37 Å². The molecule has 0 saturated heterocycles. The summed E-state index contributed by atoms with van der Waals surface area (Å²) in [5, 5.41) is 6.89. The summed E-state index contributed by atoms with van der Waals surface area (Å²) < 4.78 is 7.22. The number of nitrogens with one attached hydrogen (secondary N) is 1. The molecule has 0 bridgehead atoms. The minimum Gasteiger partial charge on any atom is -0.261 e. The second kappa shape index (κ2) is 1.51. The van der Waals surface area contributed by atoms with Crippen LogP contribution in [0.25, 0.3) is 11.0 Å². The molecule has 2 aromatic heterocycles. The van der Waals surface area contributed by atoms with Gasteiger partial charge in [0.15, 0.2) is 5.65 Å². The molecule has 0 atom stereocenters. The molecule has 0 unspecified atom stereocenters. The Labute approximate surface area is 52.4 Å². The number of H-pyrrole nitrogens is 1. The monoisotopic (exact) mass is 121 g/mol. The first-order chi connectivity index (χ1) is 4.88. The number of nitrogens with zero attached hydrogens (tertiary/aromatic N) is 3. The van der Waals surface area contributed by atoms with Crippen LogP contribution in [-0.2, 0) is 0 Å². The largest absolute Gasteiger partial charge is 0.261 e. The molecule has 0 aliphatic carbocycles. The van der Waals surface area contributed by atoms with Crippen LogP contribution < -0.4 is 0 Å². The zero-order valence-corrected chi connectivity index (χ0v) is 4.50. The van der Waals surface area contributed by atoms with Crippen LogP contribution in [0.5, 0.6) is 0 Å². The fourth-order valence-corrected chi connectivity index (χ4v) is 0.642. The van der Waals surface area contributed by atoms with Gasteiger partial charge in [-0.25, -0.2) is 9.97 Å². The molecule has 0 aromatic carbocycles. The lowest BCUT2D eigenvalue weighted by molar-refractivity contribution is 1.09. The summed E-state index contributed by atoms with van der Waals surface area (Å²) >= 11 is 0. The van der Waals surface area contributed by atoms with Crippen molar-refractivity contribution in [3.63, 3.8) is 0 Å². The van der Waals surface area contributed by atoms with Crippen molar-refractivity contribution in [1.82, 2.24) is 20.2 Å². The third kappa shape index (κ3) is 0.561. The van der Waals surface area contributed by atoms with E-state index >= 15 is 0 Å². The van der Waals surface area contributed by atoms with Gasteiger partial charge in [-0.3, -0.25) is 5.10 Å². The van der Waals surface area contributed by atoms with Crippen LogP contribution in [0.3, 0.4) is 0 Å². The van der Waals surface area contributed by atoms with E-state index in [0.29, 0.717) is 11.0 Å². The lowest BCUT2D eigenvalue weighted by Gasteiger charge is -1.80. The Kier molecular flexibility index (Phi) is 0.597. The maximum atomic E-state index is 7.22. The molecular formula is C5H4N4. The van der Waals surface area contributed by atoms with E-state index in [1.165, 1.54) is 6.33 Å². The highest BCUT2D eigenvalue weighted by Gasteiger charge is 1.90. The van der Waals surface area contributed by atoms with Gasteiger partial charge in [0.05, 0.1) is 12.9 Å². The molecule has 0 saturated carbocycles. The van der Waals surface area contributed by atoms with Crippen molar-refractivity contribution in [2.75, 3.05) is 0 Å². The van der Waals surface area contributed by atoms with Gasteiger partial charge in [0.1, 0.15) is 6.33 Å². The molecule has 9 heavy (non-hydrogen) atoms. The van der Waals surface area contributed by atoms with Gasteiger partial charge < -0.3 is 0 Å². The van der Waals surface area contributed by atoms with Crippen LogP contribution in [0.15, 0.2) is 18.7 Å². The number of aromatic nitrogens is 4. The Morgan fingerprint density at radius 3 is 3.56 bits per heavy atom. The topological polar surface area (TPSA) is 54.5 Å². The molecule has 0 amide bonds. The molecule has 4 nitrogen and oxygen atoms in total. The van der Waals surface area contributed by atoms with Gasteiger partial charge in [0.25, 0.3) is 0 Å². The third-order valence-corrected chi connectivity index (χ3v) is 1.05. The molecule has 0 spiro atoms. The summed E-state index contributed by atoms with van der Waals surface area (Å²) in [5.41, 5.74) is 0.611. The molecular weight excluding hydrogens is 116 g/mol. The van der Waals surface area contributed by atoms with Crippen LogP contribution in [0.2, 0.25) is 0 Å². The second-order valence-corrected chi connectivity index (χ2v) is 1.62. The van der Waals surface area contributed by atoms with Gasteiger partial charge in [-0.15, -0.1) is 0 Å². The van der Waals surface area contributed by atoms with Gasteiger partial charge in [0.2, 0.25) is 0 Å². The van der Waals surface area contributed by atoms with Gasteiger partial charge in [-0.2, -0.15) is 5.10 Å². The number of aromatic amines is 1. The maximum Gasteiger partial charge on any atom is 0.158 e. The van der Waals surface area contributed by atoms with Crippen LogP contribution in [0, 0.1) is 0 Å². The Balaban J connectivity index is 2.93. The summed E-state index contributed by atoms with van der Waals surface area (Å²) in [5.74, 6) is 0. The highest BCUT2D eigenvalue weighted by molar-refractivity contribution is 5.71. The highest BCUT2D eigenvalue weighted by Crippen LogP contribution is 2.01. The number of fused-ring (bicyclic) bond motifs is 1. The van der Waals surface area contributed by atoms with Crippen LogP contribution in [0.4, 0.5) is 0 Å². The minimum atomic E-state index is 0.190. The van der Waals surface area contributed by atoms with E-state index in [9.17, 15) is 0 Å². The quantitative estimate of drug-likeness (QED) is 0.547. The van der Waals surface area contributed by atoms with E-state index in [-0.39, 0.29) is 6.17 Å². The number of hydrogen-bond donors (Lipinski definition) is 1. The molecule has 1 N–H and O–H groups in total. The molecule has 2 rings (SSSR count). The van der Waals surface area contributed by atoms with Crippen molar-refractivity contribution in [2.45, 2.75) is 0 Å². The van der Waals surface area contributed by atoms with Crippen molar-refractivity contribution in [3.8, 4) is 0 Å². The van der Waals surface area contributed by atoms with Crippen LogP contribution in [-0.4, -0.2) is 20.2 Å². The zero-order chi connectivity index (χ0) is 6.97. The predicted molar refractivity (Wildman–Crippen MR) is 31.7 cm³/mol. The van der Waals surface area contributed by atoms with Crippen molar-refractivity contribution < 1.29 is 1.37 Å². The lowest BCUT2D eigenvalue weighted by Crippen LogP contribution is -1.75. The Morgan fingerprint density at radius 2 is 2.67 bits per heavy atom. The first-order valence-corrected chi connectivity index (χ1v) is 2.48. The molecule has 4 heteroatoms. The Morgan fingerprint density at radius 1 is 1.67 bits per heavy atom. The second-order valence-electron chi connectivity index (χ2n) is 1.62.